The predicted octanol–water partition coefficient (Wildman–Crippen LogP) is 2.80. The number of fused-ring (bicyclic) bond motifs is 1. The summed E-state index contributed by atoms with van der Waals surface area (Å²) in [6, 6.07) is 7.37. The number of amides is 2. The molecule has 124 valence electrons. The van der Waals surface area contributed by atoms with Crippen LogP contribution in [-0.4, -0.2) is 31.7 Å². The van der Waals surface area contributed by atoms with E-state index in [0.29, 0.717) is 16.3 Å². The largest absolute Gasteiger partial charge is 0.314 e. The monoisotopic (exact) mass is 342 g/mol. The van der Waals surface area contributed by atoms with Crippen LogP contribution in [0.5, 0.6) is 0 Å². The average molecular weight is 342 g/mol. The number of Topliss-reactive ketones (excluding diaryl/α,β-unsaturated/α-hetero) is 1. The molecular formula is C18H18N2O3S. The van der Waals surface area contributed by atoms with Gasteiger partial charge in [0, 0.05) is 19.8 Å². The number of hydrogen-bond donors (Lipinski definition) is 0. The third-order valence-corrected chi connectivity index (χ3v) is 5.52. The van der Waals surface area contributed by atoms with E-state index < -0.39 is 23.5 Å². The first-order valence-electron chi connectivity index (χ1n) is 7.57. The summed E-state index contributed by atoms with van der Waals surface area (Å²) in [6.07, 6.45) is 0. The van der Waals surface area contributed by atoms with Crippen LogP contribution < -0.4 is 9.80 Å². The summed E-state index contributed by atoms with van der Waals surface area (Å²) in [5.41, 5.74) is 3.01. The van der Waals surface area contributed by atoms with Crippen LogP contribution in [0, 0.1) is 19.8 Å². The summed E-state index contributed by atoms with van der Waals surface area (Å²) in [4.78, 5) is 41.0. The molecule has 0 bridgehead atoms. The number of carbonyl (C=O) groups is 3. The lowest BCUT2D eigenvalue weighted by Gasteiger charge is -2.30. The van der Waals surface area contributed by atoms with E-state index >= 15 is 0 Å². The molecule has 1 atom stereocenters. The molecule has 2 amide bonds. The molecule has 1 aliphatic rings. The summed E-state index contributed by atoms with van der Waals surface area (Å²) >= 11 is 1.35. The average Bonchev–Trinajstić information content (AvgIpc) is 2.95. The summed E-state index contributed by atoms with van der Waals surface area (Å²) in [6.45, 7) is 3.78. The number of anilines is 2. The van der Waals surface area contributed by atoms with Crippen LogP contribution in [0.15, 0.2) is 29.6 Å². The topological polar surface area (TPSA) is 57.7 Å². The molecule has 0 spiro atoms. The van der Waals surface area contributed by atoms with Gasteiger partial charge in [-0.3, -0.25) is 14.4 Å². The Hall–Kier alpha value is -2.47. The van der Waals surface area contributed by atoms with Crippen molar-refractivity contribution in [1.82, 2.24) is 0 Å². The van der Waals surface area contributed by atoms with E-state index in [9.17, 15) is 14.4 Å². The van der Waals surface area contributed by atoms with Crippen LogP contribution in [0.25, 0.3) is 0 Å². The second-order valence-corrected chi connectivity index (χ2v) is 6.88. The first-order valence-corrected chi connectivity index (χ1v) is 8.45. The van der Waals surface area contributed by atoms with Gasteiger partial charge in [0.05, 0.1) is 5.56 Å². The van der Waals surface area contributed by atoms with E-state index in [1.165, 1.54) is 21.1 Å². The van der Waals surface area contributed by atoms with Gasteiger partial charge in [-0.15, -0.1) is 11.3 Å². The lowest BCUT2D eigenvalue weighted by molar-refractivity contribution is -0.130. The Morgan fingerprint density at radius 2 is 1.79 bits per heavy atom. The predicted molar refractivity (Wildman–Crippen MR) is 94.9 cm³/mol. The molecule has 24 heavy (non-hydrogen) atoms. The van der Waals surface area contributed by atoms with E-state index in [1.807, 2.05) is 31.4 Å². The van der Waals surface area contributed by atoms with Crippen molar-refractivity contribution in [3.63, 3.8) is 0 Å². The third kappa shape index (κ3) is 2.43. The molecule has 1 aliphatic heterocycles. The van der Waals surface area contributed by atoms with Crippen molar-refractivity contribution in [2.24, 2.45) is 5.92 Å². The minimum absolute atomic E-state index is 0.407. The van der Waals surface area contributed by atoms with Gasteiger partial charge in [-0.2, -0.15) is 0 Å². The molecule has 3 rings (SSSR count). The Morgan fingerprint density at radius 3 is 2.42 bits per heavy atom. The van der Waals surface area contributed by atoms with Crippen molar-refractivity contribution in [3.8, 4) is 0 Å². The highest BCUT2D eigenvalue weighted by atomic mass is 32.1. The number of benzene rings is 1. The van der Waals surface area contributed by atoms with Crippen LogP contribution in [0.4, 0.5) is 10.7 Å². The fourth-order valence-corrected chi connectivity index (χ4v) is 3.87. The van der Waals surface area contributed by atoms with Crippen molar-refractivity contribution >= 4 is 39.6 Å². The molecule has 1 aromatic carbocycles. The highest BCUT2D eigenvalue weighted by molar-refractivity contribution is 7.15. The van der Waals surface area contributed by atoms with Crippen LogP contribution in [-0.2, 0) is 9.59 Å². The van der Waals surface area contributed by atoms with Crippen molar-refractivity contribution in [2.75, 3.05) is 23.9 Å². The summed E-state index contributed by atoms with van der Waals surface area (Å²) in [5, 5.41) is 2.45. The zero-order valence-electron chi connectivity index (χ0n) is 14.0. The van der Waals surface area contributed by atoms with Gasteiger partial charge in [0.1, 0.15) is 5.00 Å². The summed E-state index contributed by atoms with van der Waals surface area (Å²) in [7, 11) is 3.19. The second kappa shape index (κ2) is 5.87. The lowest BCUT2D eigenvalue weighted by atomic mass is 9.90. The van der Waals surface area contributed by atoms with Crippen molar-refractivity contribution in [1.29, 1.82) is 0 Å². The Labute approximate surface area is 144 Å². The molecule has 6 heteroatoms. The number of carbonyl (C=O) groups excluding carboxylic acids is 3. The number of aryl methyl sites for hydroxylation is 2. The molecule has 0 radical (unpaired) electrons. The van der Waals surface area contributed by atoms with Crippen molar-refractivity contribution < 1.29 is 14.4 Å². The van der Waals surface area contributed by atoms with E-state index in [-0.39, 0.29) is 0 Å². The standard InChI is InChI=1S/C18H18N2O3S/c1-10-5-7-12(8-6-10)19(3)16(22)14-15(21)13-11(2)9-24-18(13)20(4)17(14)23/h5-9,14H,1-4H3. The minimum atomic E-state index is -1.32. The van der Waals surface area contributed by atoms with E-state index in [1.54, 1.807) is 26.2 Å². The molecule has 0 saturated carbocycles. The van der Waals surface area contributed by atoms with Crippen LogP contribution in [0.1, 0.15) is 21.5 Å². The van der Waals surface area contributed by atoms with Gasteiger partial charge in [0.25, 0.3) is 0 Å². The minimum Gasteiger partial charge on any atom is -0.314 e. The third-order valence-electron chi connectivity index (χ3n) is 4.35. The van der Waals surface area contributed by atoms with Gasteiger partial charge in [0.15, 0.2) is 11.7 Å². The molecule has 0 aliphatic carbocycles. The Kier molecular flexibility index (Phi) is 4.01. The number of ketones is 1. The van der Waals surface area contributed by atoms with E-state index in [2.05, 4.69) is 0 Å². The number of thiophene rings is 1. The maximum absolute atomic E-state index is 12.9. The Bertz CT molecular complexity index is 838. The molecule has 1 aromatic heterocycles. The molecular weight excluding hydrogens is 324 g/mol. The quantitative estimate of drug-likeness (QED) is 0.789. The van der Waals surface area contributed by atoms with Gasteiger partial charge < -0.3 is 9.80 Å². The molecule has 0 N–H and O–H groups in total. The highest BCUT2D eigenvalue weighted by Crippen LogP contribution is 2.38. The fourth-order valence-electron chi connectivity index (χ4n) is 2.83. The van der Waals surface area contributed by atoms with Gasteiger partial charge in [-0.25, -0.2) is 0 Å². The van der Waals surface area contributed by atoms with E-state index in [0.717, 1.165) is 11.1 Å². The first-order chi connectivity index (χ1) is 11.3. The van der Waals surface area contributed by atoms with Crippen LogP contribution in [0.3, 0.4) is 0 Å². The van der Waals surface area contributed by atoms with Crippen LogP contribution in [0.2, 0.25) is 0 Å². The summed E-state index contributed by atoms with van der Waals surface area (Å²) < 4.78 is 0. The lowest BCUT2D eigenvalue weighted by Crippen LogP contribution is -2.50. The highest BCUT2D eigenvalue weighted by Gasteiger charge is 2.45. The molecule has 0 saturated heterocycles. The van der Waals surface area contributed by atoms with E-state index in [4.69, 9.17) is 0 Å². The van der Waals surface area contributed by atoms with Crippen molar-refractivity contribution in [3.05, 3.63) is 46.3 Å². The maximum Gasteiger partial charge on any atom is 0.247 e. The van der Waals surface area contributed by atoms with Gasteiger partial charge in [-0.05, 0) is 36.9 Å². The number of hydrogen-bond acceptors (Lipinski definition) is 4. The summed E-state index contributed by atoms with van der Waals surface area (Å²) in [5.74, 6) is -2.70. The first kappa shape index (κ1) is 16.4. The SMILES string of the molecule is Cc1ccc(N(C)C(=O)C2C(=O)c3c(C)csc3N(C)C2=O)cc1. The van der Waals surface area contributed by atoms with Crippen molar-refractivity contribution in [2.45, 2.75) is 13.8 Å². The van der Waals surface area contributed by atoms with Gasteiger partial charge in [-0.1, -0.05) is 17.7 Å². The fraction of sp³-hybridized carbons (Fsp3) is 0.278. The number of nitrogens with zero attached hydrogens (tertiary/aromatic N) is 2. The molecule has 5 nitrogen and oxygen atoms in total. The molecule has 0 fully saturated rings. The molecule has 1 unspecified atom stereocenters. The Morgan fingerprint density at radius 1 is 1.17 bits per heavy atom. The van der Waals surface area contributed by atoms with Gasteiger partial charge in [0.2, 0.25) is 11.8 Å². The molecule has 2 aromatic rings. The maximum atomic E-state index is 12.9. The number of rotatable bonds is 2. The zero-order valence-corrected chi connectivity index (χ0v) is 14.8. The Balaban J connectivity index is 1.97. The van der Waals surface area contributed by atoms with Crippen LogP contribution >= 0.6 is 11.3 Å². The zero-order chi connectivity index (χ0) is 17.6. The van der Waals surface area contributed by atoms with Gasteiger partial charge >= 0.3 is 0 Å². The smallest absolute Gasteiger partial charge is 0.247 e. The normalized spacial score (nSPS) is 17.0. The second-order valence-electron chi connectivity index (χ2n) is 6.03. The molecule has 2 heterocycles.